The lowest BCUT2D eigenvalue weighted by atomic mass is 10.1. The van der Waals surface area contributed by atoms with Gasteiger partial charge in [0.2, 0.25) is 5.91 Å². The topological polar surface area (TPSA) is 89.8 Å². The number of imidazole rings is 1. The number of piperidine rings is 1. The molecule has 1 fully saturated rings. The van der Waals surface area contributed by atoms with Crippen molar-refractivity contribution in [3.8, 4) is 0 Å². The first-order valence-electron chi connectivity index (χ1n) is 7.92. The second-order valence-electron chi connectivity index (χ2n) is 5.92. The fraction of sp³-hybridized carbons (Fsp3) is 0.500. The van der Waals surface area contributed by atoms with Crippen molar-refractivity contribution in [2.24, 2.45) is 0 Å². The minimum atomic E-state index is -0.187. The molecule has 22 heavy (non-hydrogen) atoms. The van der Waals surface area contributed by atoms with Gasteiger partial charge in [0.15, 0.2) is 0 Å². The fourth-order valence-corrected chi connectivity index (χ4v) is 2.96. The lowest BCUT2D eigenvalue weighted by Gasteiger charge is -2.23. The Morgan fingerprint density at radius 1 is 1.27 bits per heavy atom. The average molecular weight is 302 g/mol. The molecule has 1 aromatic carbocycles. The van der Waals surface area contributed by atoms with Crippen LogP contribution in [0.15, 0.2) is 23.0 Å². The van der Waals surface area contributed by atoms with Crippen molar-refractivity contribution < 1.29 is 4.79 Å². The van der Waals surface area contributed by atoms with Crippen molar-refractivity contribution >= 4 is 16.9 Å². The Bertz CT molecular complexity index is 697. The Morgan fingerprint density at radius 3 is 2.95 bits per heavy atom. The number of aryl methyl sites for hydroxylation is 1. The van der Waals surface area contributed by atoms with Gasteiger partial charge in [0, 0.05) is 19.0 Å². The molecule has 0 spiro atoms. The Morgan fingerprint density at radius 2 is 2.14 bits per heavy atom. The van der Waals surface area contributed by atoms with E-state index in [-0.39, 0.29) is 17.6 Å². The molecule has 1 unspecified atom stereocenters. The number of aromatic amines is 2. The largest absolute Gasteiger partial charge is 0.352 e. The maximum Gasteiger partial charge on any atom is 0.323 e. The number of hydrogen-bond acceptors (Lipinski definition) is 3. The summed E-state index contributed by atoms with van der Waals surface area (Å²) in [6.45, 7) is 1.93. The van der Waals surface area contributed by atoms with Crippen LogP contribution in [0.4, 0.5) is 0 Å². The van der Waals surface area contributed by atoms with Crippen LogP contribution in [0.3, 0.4) is 0 Å². The number of hydrogen-bond donors (Lipinski definition) is 4. The zero-order valence-corrected chi connectivity index (χ0v) is 12.6. The van der Waals surface area contributed by atoms with Crippen LogP contribution in [0.5, 0.6) is 0 Å². The van der Waals surface area contributed by atoms with Crippen LogP contribution in [0, 0.1) is 0 Å². The van der Waals surface area contributed by atoms with Crippen LogP contribution in [0.2, 0.25) is 0 Å². The van der Waals surface area contributed by atoms with Gasteiger partial charge >= 0.3 is 5.69 Å². The zero-order chi connectivity index (χ0) is 15.4. The van der Waals surface area contributed by atoms with E-state index in [0.29, 0.717) is 6.42 Å². The number of rotatable bonds is 5. The molecule has 1 saturated heterocycles. The number of carbonyl (C=O) groups is 1. The summed E-state index contributed by atoms with van der Waals surface area (Å²) in [6, 6.07) is 6.14. The SMILES string of the molecule is O=C(CCCc1ccc2[nH]c(=O)[nH]c2c1)NC1CCCNC1. The van der Waals surface area contributed by atoms with Crippen molar-refractivity contribution in [2.45, 2.75) is 38.1 Å². The van der Waals surface area contributed by atoms with E-state index in [4.69, 9.17) is 0 Å². The van der Waals surface area contributed by atoms with Crippen molar-refractivity contribution in [1.29, 1.82) is 0 Å². The first kappa shape index (κ1) is 14.8. The molecule has 1 aromatic heterocycles. The Hall–Kier alpha value is -2.08. The smallest absolute Gasteiger partial charge is 0.323 e. The zero-order valence-electron chi connectivity index (χ0n) is 12.6. The molecule has 1 aliphatic rings. The number of amides is 1. The van der Waals surface area contributed by atoms with Crippen LogP contribution in [-0.2, 0) is 11.2 Å². The first-order valence-corrected chi connectivity index (χ1v) is 7.92. The van der Waals surface area contributed by atoms with E-state index in [2.05, 4.69) is 20.6 Å². The molecule has 1 aliphatic heterocycles. The van der Waals surface area contributed by atoms with Gasteiger partial charge in [-0.25, -0.2) is 4.79 Å². The van der Waals surface area contributed by atoms with E-state index in [1.54, 1.807) is 0 Å². The van der Waals surface area contributed by atoms with Crippen LogP contribution in [0.25, 0.3) is 11.0 Å². The van der Waals surface area contributed by atoms with E-state index >= 15 is 0 Å². The lowest BCUT2D eigenvalue weighted by molar-refractivity contribution is -0.122. The van der Waals surface area contributed by atoms with E-state index in [1.165, 1.54) is 0 Å². The van der Waals surface area contributed by atoms with E-state index in [1.807, 2.05) is 18.2 Å². The van der Waals surface area contributed by atoms with E-state index in [9.17, 15) is 9.59 Å². The lowest BCUT2D eigenvalue weighted by Crippen LogP contribution is -2.45. The molecule has 0 saturated carbocycles. The monoisotopic (exact) mass is 302 g/mol. The van der Waals surface area contributed by atoms with Gasteiger partial charge in [-0.15, -0.1) is 0 Å². The quantitative estimate of drug-likeness (QED) is 0.665. The number of H-pyrrole nitrogens is 2. The number of nitrogens with one attached hydrogen (secondary N) is 4. The summed E-state index contributed by atoms with van der Waals surface area (Å²) in [5.41, 5.74) is 2.58. The molecule has 1 amide bonds. The molecule has 0 radical (unpaired) electrons. The summed E-state index contributed by atoms with van der Waals surface area (Å²) < 4.78 is 0. The third kappa shape index (κ3) is 3.76. The van der Waals surface area contributed by atoms with Crippen molar-refractivity contribution in [3.63, 3.8) is 0 Å². The number of carbonyl (C=O) groups excluding carboxylic acids is 1. The summed E-state index contributed by atoms with van der Waals surface area (Å²) in [7, 11) is 0. The maximum absolute atomic E-state index is 11.9. The van der Waals surface area contributed by atoms with Crippen LogP contribution in [0.1, 0.15) is 31.2 Å². The average Bonchev–Trinajstić information content (AvgIpc) is 2.87. The first-order chi connectivity index (χ1) is 10.7. The highest BCUT2D eigenvalue weighted by molar-refractivity contribution is 5.76. The standard InChI is InChI=1S/C16H22N4O2/c21-15(18-12-4-2-8-17-10-12)5-1-3-11-6-7-13-14(9-11)20-16(22)19-13/h6-7,9,12,17H,1-5,8,10H2,(H,18,21)(H2,19,20,22). The molecule has 0 aliphatic carbocycles. The fourth-order valence-electron chi connectivity index (χ4n) is 2.96. The molecule has 2 heterocycles. The number of aromatic nitrogens is 2. The van der Waals surface area contributed by atoms with Crippen LogP contribution in [-0.4, -0.2) is 35.0 Å². The second-order valence-corrected chi connectivity index (χ2v) is 5.92. The van der Waals surface area contributed by atoms with E-state index in [0.717, 1.165) is 55.4 Å². The molecule has 2 aromatic rings. The summed E-state index contributed by atoms with van der Waals surface area (Å²) >= 11 is 0. The molecule has 1 atom stereocenters. The summed E-state index contributed by atoms with van der Waals surface area (Å²) in [6.07, 6.45) is 4.37. The molecular weight excluding hydrogens is 280 g/mol. The molecule has 4 N–H and O–H groups in total. The molecule has 3 rings (SSSR count). The van der Waals surface area contributed by atoms with Gasteiger partial charge in [-0.05, 0) is 49.9 Å². The molecule has 6 nitrogen and oxygen atoms in total. The second kappa shape index (κ2) is 6.79. The molecule has 6 heteroatoms. The van der Waals surface area contributed by atoms with Gasteiger partial charge in [0.1, 0.15) is 0 Å². The van der Waals surface area contributed by atoms with Gasteiger partial charge in [-0.1, -0.05) is 6.07 Å². The van der Waals surface area contributed by atoms with Crippen LogP contribution < -0.4 is 16.3 Å². The van der Waals surface area contributed by atoms with Gasteiger partial charge < -0.3 is 20.6 Å². The van der Waals surface area contributed by atoms with Crippen molar-refractivity contribution in [3.05, 3.63) is 34.2 Å². The molecule has 0 bridgehead atoms. The van der Waals surface area contributed by atoms with E-state index < -0.39 is 0 Å². The minimum absolute atomic E-state index is 0.129. The predicted molar refractivity (Wildman–Crippen MR) is 85.9 cm³/mol. The van der Waals surface area contributed by atoms with Gasteiger partial charge in [0.25, 0.3) is 0 Å². The highest BCUT2D eigenvalue weighted by atomic mass is 16.1. The van der Waals surface area contributed by atoms with Gasteiger partial charge in [-0.3, -0.25) is 4.79 Å². The molecule has 118 valence electrons. The molecular formula is C16H22N4O2. The van der Waals surface area contributed by atoms with Crippen molar-refractivity contribution in [2.75, 3.05) is 13.1 Å². The highest BCUT2D eigenvalue weighted by Gasteiger charge is 2.14. The summed E-state index contributed by atoms with van der Waals surface area (Å²) in [4.78, 5) is 28.6. The Labute approximate surface area is 128 Å². The maximum atomic E-state index is 11.9. The third-order valence-electron chi connectivity index (χ3n) is 4.11. The van der Waals surface area contributed by atoms with Crippen molar-refractivity contribution in [1.82, 2.24) is 20.6 Å². The normalized spacial score (nSPS) is 18.5. The third-order valence-corrected chi connectivity index (χ3v) is 4.11. The predicted octanol–water partition coefficient (Wildman–Crippen LogP) is 1.05. The highest BCUT2D eigenvalue weighted by Crippen LogP contribution is 2.12. The number of fused-ring (bicyclic) bond motifs is 1. The Kier molecular flexibility index (Phi) is 4.58. The minimum Gasteiger partial charge on any atom is -0.352 e. The summed E-state index contributed by atoms with van der Waals surface area (Å²) in [5.74, 6) is 0.129. The van der Waals surface area contributed by atoms with Gasteiger partial charge in [-0.2, -0.15) is 0 Å². The van der Waals surface area contributed by atoms with Gasteiger partial charge in [0.05, 0.1) is 11.0 Å². The Balaban J connectivity index is 1.46. The van der Waals surface area contributed by atoms with Crippen LogP contribution >= 0.6 is 0 Å². The summed E-state index contributed by atoms with van der Waals surface area (Å²) in [5, 5.41) is 6.38. The number of benzene rings is 1.